The molecule has 1 aliphatic rings. The molecule has 3 aromatic rings. The minimum Gasteiger partial charge on any atom is -0.339 e. The Kier molecular flexibility index (Phi) is 4.24. The zero-order chi connectivity index (χ0) is 18.1. The Hall–Kier alpha value is -3.02. The standard InChI is InChI=1S/C20H20N4O2/c1-13(2)14-6-5-7-16(10-14)24-12-15(11-18(24)25)20-22-19(23-26-20)17-8-3-4-9-21-17/h3-10,13,15H,11-12H2,1-2H3. The molecule has 3 heterocycles. The van der Waals surface area contributed by atoms with Crippen LogP contribution in [0.15, 0.2) is 53.2 Å². The Balaban J connectivity index is 1.55. The van der Waals surface area contributed by atoms with Gasteiger partial charge in [0, 0.05) is 24.8 Å². The molecule has 1 unspecified atom stereocenters. The minimum absolute atomic E-state index is 0.0773. The number of hydrogen-bond acceptors (Lipinski definition) is 5. The van der Waals surface area contributed by atoms with Gasteiger partial charge in [-0.05, 0) is 35.7 Å². The molecule has 1 fully saturated rings. The number of pyridine rings is 1. The van der Waals surface area contributed by atoms with Gasteiger partial charge >= 0.3 is 0 Å². The van der Waals surface area contributed by atoms with Gasteiger partial charge in [-0.15, -0.1) is 0 Å². The van der Waals surface area contributed by atoms with Crippen LogP contribution in [0.1, 0.15) is 43.6 Å². The van der Waals surface area contributed by atoms with Gasteiger partial charge < -0.3 is 9.42 Å². The van der Waals surface area contributed by atoms with Crippen LogP contribution in [0.3, 0.4) is 0 Å². The van der Waals surface area contributed by atoms with E-state index in [0.29, 0.717) is 36.3 Å². The van der Waals surface area contributed by atoms with Gasteiger partial charge in [0.1, 0.15) is 5.69 Å². The lowest BCUT2D eigenvalue weighted by Crippen LogP contribution is -2.24. The van der Waals surface area contributed by atoms with E-state index in [4.69, 9.17) is 4.52 Å². The lowest BCUT2D eigenvalue weighted by molar-refractivity contribution is -0.117. The smallest absolute Gasteiger partial charge is 0.232 e. The summed E-state index contributed by atoms with van der Waals surface area (Å²) in [5.74, 6) is 1.33. The number of benzene rings is 1. The molecular weight excluding hydrogens is 328 g/mol. The maximum absolute atomic E-state index is 12.5. The number of anilines is 1. The summed E-state index contributed by atoms with van der Waals surface area (Å²) < 4.78 is 5.42. The van der Waals surface area contributed by atoms with Crippen LogP contribution >= 0.6 is 0 Å². The van der Waals surface area contributed by atoms with Crippen molar-refractivity contribution in [2.45, 2.75) is 32.1 Å². The summed E-state index contributed by atoms with van der Waals surface area (Å²) in [6.45, 7) is 4.83. The van der Waals surface area contributed by atoms with Gasteiger partial charge in [-0.2, -0.15) is 4.98 Å². The minimum atomic E-state index is -0.102. The average molecular weight is 348 g/mol. The van der Waals surface area contributed by atoms with Gasteiger partial charge in [-0.1, -0.05) is 37.2 Å². The molecule has 0 saturated carbocycles. The van der Waals surface area contributed by atoms with E-state index in [1.165, 1.54) is 5.56 Å². The highest BCUT2D eigenvalue weighted by atomic mass is 16.5. The first-order chi connectivity index (χ1) is 12.6. The maximum atomic E-state index is 12.5. The second-order valence-corrected chi connectivity index (χ2v) is 6.83. The molecule has 0 bridgehead atoms. The Morgan fingerprint density at radius 1 is 1.19 bits per heavy atom. The van der Waals surface area contributed by atoms with Crippen LogP contribution in [-0.4, -0.2) is 27.6 Å². The highest BCUT2D eigenvalue weighted by Crippen LogP contribution is 2.32. The van der Waals surface area contributed by atoms with Crippen LogP contribution in [0, 0.1) is 0 Å². The zero-order valence-electron chi connectivity index (χ0n) is 14.8. The molecule has 26 heavy (non-hydrogen) atoms. The molecule has 6 heteroatoms. The first kappa shape index (κ1) is 16.4. The molecule has 1 amide bonds. The first-order valence-corrected chi connectivity index (χ1v) is 8.77. The fourth-order valence-electron chi connectivity index (χ4n) is 3.17. The summed E-state index contributed by atoms with van der Waals surface area (Å²) in [5.41, 5.74) is 2.80. The lowest BCUT2D eigenvalue weighted by atomic mass is 10.0. The second kappa shape index (κ2) is 6.71. The maximum Gasteiger partial charge on any atom is 0.232 e. The monoisotopic (exact) mass is 348 g/mol. The predicted octanol–water partition coefficient (Wildman–Crippen LogP) is 3.78. The normalized spacial score (nSPS) is 17.3. The third-order valence-electron chi connectivity index (χ3n) is 4.66. The van der Waals surface area contributed by atoms with Gasteiger partial charge in [-0.25, -0.2) is 0 Å². The van der Waals surface area contributed by atoms with Gasteiger partial charge in [0.2, 0.25) is 17.6 Å². The van der Waals surface area contributed by atoms with Crippen molar-refractivity contribution >= 4 is 11.6 Å². The van der Waals surface area contributed by atoms with E-state index in [2.05, 4.69) is 41.1 Å². The van der Waals surface area contributed by atoms with Gasteiger partial charge in [-0.3, -0.25) is 9.78 Å². The molecule has 0 radical (unpaired) electrons. The van der Waals surface area contributed by atoms with E-state index in [1.54, 1.807) is 11.1 Å². The summed E-state index contributed by atoms with van der Waals surface area (Å²) in [5, 5.41) is 4.01. The number of hydrogen-bond donors (Lipinski definition) is 0. The number of aromatic nitrogens is 3. The van der Waals surface area contributed by atoms with Crippen molar-refractivity contribution in [1.82, 2.24) is 15.1 Å². The molecule has 0 aliphatic carbocycles. The van der Waals surface area contributed by atoms with E-state index in [-0.39, 0.29) is 11.8 Å². The van der Waals surface area contributed by atoms with Gasteiger partial charge in [0.05, 0.1) is 5.92 Å². The van der Waals surface area contributed by atoms with Crippen LogP contribution in [0.25, 0.3) is 11.5 Å². The molecule has 0 N–H and O–H groups in total. The van der Waals surface area contributed by atoms with Gasteiger partial charge in [0.25, 0.3) is 0 Å². The van der Waals surface area contributed by atoms with E-state index in [1.807, 2.05) is 30.3 Å². The lowest BCUT2D eigenvalue weighted by Gasteiger charge is -2.18. The zero-order valence-corrected chi connectivity index (χ0v) is 14.8. The second-order valence-electron chi connectivity index (χ2n) is 6.83. The van der Waals surface area contributed by atoms with Crippen LogP contribution in [0.5, 0.6) is 0 Å². The molecule has 1 saturated heterocycles. The fraction of sp³-hybridized carbons (Fsp3) is 0.300. The van der Waals surface area contributed by atoms with Crippen LogP contribution in [0.2, 0.25) is 0 Å². The van der Waals surface area contributed by atoms with Crippen molar-refractivity contribution in [3.05, 3.63) is 60.1 Å². The van der Waals surface area contributed by atoms with Crippen LogP contribution in [-0.2, 0) is 4.79 Å². The number of carbonyl (C=O) groups is 1. The van der Waals surface area contributed by atoms with Crippen molar-refractivity contribution < 1.29 is 9.32 Å². The summed E-state index contributed by atoms with van der Waals surface area (Å²) >= 11 is 0. The third kappa shape index (κ3) is 3.10. The quantitative estimate of drug-likeness (QED) is 0.717. The molecule has 1 aromatic carbocycles. The Morgan fingerprint density at radius 2 is 2.08 bits per heavy atom. The summed E-state index contributed by atoms with van der Waals surface area (Å²) in [6.07, 6.45) is 2.06. The molecule has 1 atom stereocenters. The molecule has 1 aliphatic heterocycles. The van der Waals surface area contributed by atoms with Crippen molar-refractivity contribution in [2.75, 3.05) is 11.4 Å². The topological polar surface area (TPSA) is 72.1 Å². The molecule has 132 valence electrons. The molecule has 0 spiro atoms. The van der Waals surface area contributed by atoms with Crippen molar-refractivity contribution in [2.24, 2.45) is 0 Å². The van der Waals surface area contributed by atoms with Crippen LogP contribution in [0.4, 0.5) is 5.69 Å². The molecule has 4 rings (SSSR count). The molecular formula is C20H20N4O2. The molecule has 2 aromatic heterocycles. The van der Waals surface area contributed by atoms with E-state index < -0.39 is 0 Å². The first-order valence-electron chi connectivity index (χ1n) is 8.77. The fourth-order valence-corrected chi connectivity index (χ4v) is 3.17. The predicted molar refractivity (Wildman–Crippen MR) is 97.8 cm³/mol. The van der Waals surface area contributed by atoms with E-state index >= 15 is 0 Å². The van der Waals surface area contributed by atoms with Gasteiger partial charge in [0.15, 0.2) is 0 Å². The van der Waals surface area contributed by atoms with Crippen LogP contribution < -0.4 is 4.90 Å². The summed E-state index contributed by atoms with van der Waals surface area (Å²) in [7, 11) is 0. The number of carbonyl (C=O) groups excluding carboxylic acids is 1. The Bertz CT molecular complexity index is 920. The summed E-state index contributed by atoms with van der Waals surface area (Å²) in [4.78, 5) is 23.0. The highest BCUT2D eigenvalue weighted by Gasteiger charge is 2.35. The van der Waals surface area contributed by atoms with E-state index in [0.717, 1.165) is 5.69 Å². The number of amides is 1. The Morgan fingerprint density at radius 3 is 2.85 bits per heavy atom. The molecule has 6 nitrogen and oxygen atoms in total. The Labute approximate surface area is 151 Å². The SMILES string of the molecule is CC(C)c1cccc(N2CC(c3nc(-c4ccccn4)no3)CC2=O)c1. The largest absolute Gasteiger partial charge is 0.339 e. The average Bonchev–Trinajstić information content (AvgIpc) is 3.29. The third-order valence-corrected chi connectivity index (χ3v) is 4.66. The highest BCUT2D eigenvalue weighted by molar-refractivity contribution is 5.96. The van der Waals surface area contributed by atoms with Crippen molar-refractivity contribution in [1.29, 1.82) is 0 Å². The van der Waals surface area contributed by atoms with Crippen molar-refractivity contribution in [3.8, 4) is 11.5 Å². The van der Waals surface area contributed by atoms with Crippen molar-refractivity contribution in [3.63, 3.8) is 0 Å². The number of nitrogens with zero attached hydrogens (tertiary/aromatic N) is 4. The van der Waals surface area contributed by atoms with E-state index in [9.17, 15) is 4.79 Å². The summed E-state index contributed by atoms with van der Waals surface area (Å²) in [6, 6.07) is 13.7. The number of rotatable bonds is 4.